The molecule has 1 fully saturated rings. The summed E-state index contributed by atoms with van der Waals surface area (Å²) in [7, 11) is 0. The maximum Gasteiger partial charge on any atom is 0.229 e. The highest BCUT2D eigenvalue weighted by atomic mass is 16.5. The molecule has 1 N–H and O–H groups in total. The monoisotopic (exact) mass is 490 g/mol. The molecule has 184 valence electrons. The number of carbonyl (C=O) groups excluding carboxylic acids is 2. The van der Waals surface area contributed by atoms with E-state index in [0.717, 1.165) is 27.8 Å². The number of amides is 2. The van der Waals surface area contributed by atoms with Gasteiger partial charge in [-0.2, -0.15) is 0 Å². The Labute approximate surface area is 214 Å². The summed E-state index contributed by atoms with van der Waals surface area (Å²) in [6.07, 6.45) is 0.166. The minimum absolute atomic E-state index is 0.0734. The summed E-state index contributed by atoms with van der Waals surface area (Å²) in [4.78, 5) is 27.4. The van der Waals surface area contributed by atoms with Gasteiger partial charge in [-0.05, 0) is 79.6 Å². The summed E-state index contributed by atoms with van der Waals surface area (Å²) >= 11 is 0. The summed E-state index contributed by atoms with van der Waals surface area (Å²) in [5, 5.41) is 5.00. The minimum atomic E-state index is -0.440. The Bertz CT molecular complexity index is 1650. The zero-order chi connectivity index (χ0) is 25.5. The van der Waals surface area contributed by atoms with Gasteiger partial charge in [0.25, 0.3) is 0 Å². The molecule has 0 bridgehead atoms. The fourth-order valence-electron chi connectivity index (χ4n) is 4.79. The highest BCUT2D eigenvalue weighted by Gasteiger charge is 2.35. The van der Waals surface area contributed by atoms with Crippen molar-refractivity contribution >= 4 is 45.1 Å². The number of furan rings is 1. The maximum atomic E-state index is 13.0. The lowest BCUT2D eigenvalue weighted by atomic mass is 10.1. The predicted octanol–water partition coefficient (Wildman–Crippen LogP) is 6.99. The third-order valence-electron chi connectivity index (χ3n) is 7.00. The van der Waals surface area contributed by atoms with Gasteiger partial charge >= 0.3 is 0 Å². The van der Waals surface area contributed by atoms with Crippen molar-refractivity contribution in [3.63, 3.8) is 0 Å². The van der Waals surface area contributed by atoms with E-state index in [1.54, 1.807) is 4.90 Å². The van der Waals surface area contributed by atoms with Crippen molar-refractivity contribution in [2.24, 2.45) is 5.92 Å². The second kappa shape index (κ2) is 9.13. The van der Waals surface area contributed by atoms with Gasteiger partial charge in [0.05, 0.1) is 5.92 Å². The topological polar surface area (TPSA) is 71.8 Å². The number of hydrogen-bond acceptors (Lipinski definition) is 4. The van der Waals surface area contributed by atoms with E-state index < -0.39 is 5.92 Å². The highest BCUT2D eigenvalue weighted by molar-refractivity contribution is 6.07. The van der Waals surface area contributed by atoms with E-state index in [-0.39, 0.29) is 18.2 Å². The smallest absolute Gasteiger partial charge is 0.229 e. The Morgan fingerprint density at radius 1 is 0.865 bits per heavy atom. The van der Waals surface area contributed by atoms with E-state index in [9.17, 15) is 9.59 Å². The van der Waals surface area contributed by atoms with Gasteiger partial charge in [0.1, 0.15) is 22.7 Å². The molecule has 1 atom stereocenters. The van der Waals surface area contributed by atoms with E-state index in [0.29, 0.717) is 23.6 Å². The fourth-order valence-corrected chi connectivity index (χ4v) is 4.79. The van der Waals surface area contributed by atoms with Crippen LogP contribution in [0.1, 0.15) is 17.5 Å². The molecule has 6 rings (SSSR count). The summed E-state index contributed by atoms with van der Waals surface area (Å²) in [6.45, 7) is 4.44. The molecular weight excluding hydrogens is 464 g/mol. The van der Waals surface area contributed by atoms with Gasteiger partial charge in [0.2, 0.25) is 11.8 Å². The standard InChI is InChI=1S/C31H26N2O4/c1-19-7-11-25(15-20(19)2)36-24-12-9-23(10-13-24)33-18-21(16-30(33)34)31(35)32-22-8-14-27-26-5-3-4-6-28(26)37-29(27)17-22/h3-15,17,21H,16,18H2,1-2H3,(H,32,35)/t21-/m1/s1. The first-order chi connectivity index (χ1) is 17.9. The van der Waals surface area contributed by atoms with E-state index in [1.807, 2.05) is 91.9 Å². The second-order valence-corrected chi connectivity index (χ2v) is 9.55. The molecule has 2 heterocycles. The van der Waals surface area contributed by atoms with E-state index in [2.05, 4.69) is 12.2 Å². The summed E-state index contributed by atoms with van der Waals surface area (Å²) in [6, 6.07) is 26.8. The van der Waals surface area contributed by atoms with Gasteiger partial charge in [-0.3, -0.25) is 9.59 Å². The SMILES string of the molecule is Cc1ccc(Oc2ccc(N3C[C@H](C(=O)Nc4ccc5c(c4)oc4ccccc45)CC3=O)cc2)cc1C. The summed E-state index contributed by atoms with van der Waals surface area (Å²) < 4.78 is 11.9. The number of ether oxygens (including phenoxy) is 1. The fraction of sp³-hybridized carbons (Fsp3) is 0.161. The third kappa shape index (κ3) is 4.42. The molecular formula is C31H26N2O4. The van der Waals surface area contributed by atoms with Crippen LogP contribution in [0.15, 0.2) is 89.3 Å². The largest absolute Gasteiger partial charge is 0.457 e. The van der Waals surface area contributed by atoms with Gasteiger partial charge in [-0.15, -0.1) is 0 Å². The number of hydrogen-bond donors (Lipinski definition) is 1. The molecule has 0 unspecified atom stereocenters. The summed E-state index contributed by atoms with van der Waals surface area (Å²) in [5.74, 6) is 0.765. The Morgan fingerprint density at radius 3 is 2.43 bits per heavy atom. The second-order valence-electron chi connectivity index (χ2n) is 9.55. The molecule has 37 heavy (non-hydrogen) atoms. The molecule has 1 aliphatic heterocycles. The van der Waals surface area contributed by atoms with Gasteiger partial charge in [-0.25, -0.2) is 0 Å². The summed E-state index contributed by atoms with van der Waals surface area (Å²) in [5.41, 5.74) is 5.30. The molecule has 0 saturated carbocycles. The van der Waals surface area contributed by atoms with Crippen LogP contribution < -0.4 is 15.0 Å². The van der Waals surface area contributed by atoms with Crippen LogP contribution in [0, 0.1) is 19.8 Å². The Kier molecular flexibility index (Phi) is 5.64. The van der Waals surface area contributed by atoms with Crippen LogP contribution in [-0.2, 0) is 9.59 Å². The van der Waals surface area contributed by atoms with Crippen LogP contribution in [0.25, 0.3) is 21.9 Å². The number of carbonyl (C=O) groups is 2. The quantitative estimate of drug-likeness (QED) is 0.288. The van der Waals surface area contributed by atoms with Crippen LogP contribution in [0.2, 0.25) is 0 Å². The molecule has 1 aromatic heterocycles. The number of anilines is 2. The number of nitrogens with one attached hydrogen (secondary N) is 1. The number of fused-ring (bicyclic) bond motifs is 3. The average Bonchev–Trinajstić information content (AvgIpc) is 3.47. The van der Waals surface area contributed by atoms with Gasteiger partial charge < -0.3 is 19.4 Å². The van der Waals surface area contributed by atoms with Crippen LogP contribution in [0.3, 0.4) is 0 Å². The van der Waals surface area contributed by atoms with Crippen molar-refractivity contribution in [2.45, 2.75) is 20.3 Å². The number of benzene rings is 4. The van der Waals surface area contributed by atoms with Crippen molar-refractivity contribution in [3.05, 3.63) is 96.1 Å². The minimum Gasteiger partial charge on any atom is -0.457 e. The van der Waals surface area contributed by atoms with Crippen molar-refractivity contribution < 1.29 is 18.7 Å². The Hall–Kier alpha value is -4.58. The molecule has 0 radical (unpaired) electrons. The molecule has 0 spiro atoms. The molecule has 1 saturated heterocycles. The Balaban J connectivity index is 1.12. The maximum absolute atomic E-state index is 13.0. The predicted molar refractivity (Wildman–Crippen MR) is 145 cm³/mol. The molecule has 1 aliphatic rings. The van der Waals surface area contributed by atoms with Crippen molar-refractivity contribution in [1.82, 2.24) is 0 Å². The number of rotatable bonds is 5. The molecule has 6 heteroatoms. The third-order valence-corrected chi connectivity index (χ3v) is 7.00. The van der Waals surface area contributed by atoms with Crippen LogP contribution in [0.4, 0.5) is 11.4 Å². The van der Waals surface area contributed by atoms with Crippen LogP contribution >= 0.6 is 0 Å². The van der Waals surface area contributed by atoms with E-state index in [4.69, 9.17) is 9.15 Å². The molecule has 5 aromatic rings. The highest BCUT2D eigenvalue weighted by Crippen LogP contribution is 2.32. The number of para-hydroxylation sites is 1. The van der Waals surface area contributed by atoms with Gasteiger partial charge in [0, 0.05) is 41.2 Å². The normalized spacial score (nSPS) is 15.5. The van der Waals surface area contributed by atoms with Gasteiger partial charge in [0.15, 0.2) is 0 Å². The average molecular weight is 491 g/mol. The zero-order valence-corrected chi connectivity index (χ0v) is 20.7. The van der Waals surface area contributed by atoms with Crippen molar-refractivity contribution in [3.8, 4) is 11.5 Å². The first kappa shape index (κ1) is 22.9. The molecule has 2 amide bonds. The number of aryl methyl sites for hydroxylation is 2. The van der Waals surface area contributed by atoms with E-state index >= 15 is 0 Å². The first-order valence-corrected chi connectivity index (χ1v) is 12.3. The molecule has 4 aromatic carbocycles. The molecule has 0 aliphatic carbocycles. The van der Waals surface area contributed by atoms with Crippen LogP contribution in [0.5, 0.6) is 11.5 Å². The first-order valence-electron chi connectivity index (χ1n) is 12.3. The number of nitrogens with zero attached hydrogens (tertiary/aromatic N) is 1. The lowest BCUT2D eigenvalue weighted by molar-refractivity contribution is -0.122. The molecule has 6 nitrogen and oxygen atoms in total. The zero-order valence-electron chi connectivity index (χ0n) is 20.7. The van der Waals surface area contributed by atoms with E-state index in [1.165, 1.54) is 11.1 Å². The van der Waals surface area contributed by atoms with Crippen molar-refractivity contribution in [2.75, 3.05) is 16.8 Å². The lowest BCUT2D eigenvalue weighted by Crippen LogP contribution is -2.28. The Morgan fingerprint density at radius 2 is 1.62 bits per heavy atom. The van der Waals surface area contributed by atoms with Crippen molar-refractivity contribution in [1.29, 1.82) is 0 Å². The lowest BCUT2D eigenvalue weighted by Gasteiger charge is -2.17. The van der Waals surface area contributed by atoms with Gasteiger partial charge in [-0.1, -0.05) is 24.3 Å². The van der Waals surface area contributed by atoms with Crippen LogP contribution in [-0.4, -0.2) is 18.4 Å².